The van der Waals surface area contributed by atoms with Crippen molar-refractivity contribution in [2.24, 2.45) is 0 Å². The molecule has 1 aliphatic rings. The summed E-state index contributed by atoms with van der Waals surface area (Å²) in [5, 5.41) is 0. The molecular weight excluding hydrogens is 330 g/mol. The van der Waals surface area contributed by atoms with Crippen LogP contribution in [-0.4, -0.2) is 17.7 Å². The first-order valence-electron chi connectivity index (χ1n) is 9.89. The summed E-state index contributed by atoms with van der Waals surface area (Å²) in [6, 6.07) is 32.3. The van der Waals surface area contributed by atoms with E-state index in [1.807, 2.05) is 0 Å². The monoisotopic (exact) mass is 357 g/mol. The molecule has 0 radical (unpaired) electrons. The highest BCUT2D eigenvalue weighted by molar-refractivity contribution is 5.30. The van der Waals surface area contributed by atoms with Crippen molar-refractivity contribution >= 4 is 0 Å². The Morgan fingerprint density at radius 1 is 0.778 bits per heavy atom. The third kappa shape index (κ3) is 4.13. The van der Waals surface area contributed by atoms with Crippen molar-refractivity contribution in [2.45, 2.75) is 38.1 Å². The van der Waals surface area contributed by atoms with Crippen LogP contribution in [0.4, 0.5) is 0 Å². The van der Waals surface area contributed by atoms with E-state index in [9.17, 15) is 0 Å². The molecule has 2 atom stereocenters. The molecule has 0 saturated carbocycles. The van der Waals surface area contributed by atoms with E-state index in [0.717, 1.165) is 6.54 Å². The Labute approximate surface area is 162 Å². The van der Waals surface area contributed by atoms with Gasteiger partial charge in [-0.3, -0.25) is 4.90 Å². The molecule has 138 valence electrons. The van der Waals surface area contributed by atoms with E-state index in [0.29, 0.717) is 6.04 Å². The van der Waals surface area contributed by atoms with Gasteiger partial charge in [0.2, 0.25) is 0 Å². The third-order valence-corrected chi connectivity index (χ3v) is 5.48. The van der Waals surface area contributed by atoms with E-state index in [2.05, 4.69) is 103 Å². The predicted octanol–water partition coefficient (Wildman–Crippen LogP) is 5.98. The van der Waals surface area contributed by atoms with E-state index < -0.39 is 0 Å². The van der Waals surface area contributed by atoms with Gasteiger partial charge in [-0.2, -0.15) is 0 Å². The Morgan fingerprint density at radius 2 is 1.30 bits per heavy atom. The lowest BCUT2D eigenvalue weighted by atomic mass is 10.0. The summed E-state index contributed by atoms with van der Waals surface area (Å²) in [5.41, 5.74) is 3.79. The molecule has 0 N–H and O–H groups in total. The lowest BCUT2D eigenvalue weighted by Gasteiger charge is -2.34. The van der Waals surface area contributed by atoms with Crippen molar-refractivity contribution in [1.29, 1.82) is 0 Å². The molecule has 4 rings (SSSR count). The Morgan fingerprint density at radius 3 is 1.85 bits per heavy atom. The fraction of sp³-hybridized carbons (Fsp3) is 0.280. The highest BCUT2D eigenvalue weighted by Gasteiger charge is 2.31. The maximum absolute atomic E-state index is 6.68. The van der Waals surface area contributed by atoms with Crippen LogP contribution < -0.4 is 0 Å². The summed E-state index contributed by atoms with van der Waals surface area (Å²) in [6.07, 6.45) is 2.40. The van der Waals surface area contributed by atoms with Gasteiger partial charge >= 0.3 is 0 Å². The van der Waals surface area contributed by atoms with Crippen LogP contribution in [0.3, 0.4) is 0 Å². The Balaban J connectivity index is 1.57. The minimum absolute atomic E-state index is 0.0446. The van der Waals surface area contributed by atoms with Crippen molar-refractivity contribution in [3.63, 3.8) is 0 Å². The highest BCUT2D eigenvalue weighted by Crippen LogP contribution is 2.36. The summed E-state index contributed by atoms with van der Waals surface area (Å²) in [6.45, 7) is 3.27. The van der Waals surface area contributed by atoms with Crippen LogP contribution in [0.5, 0.6) is 0 Å². The minimum atomic E-state index is -0.0561. The van der Waals surface area contributed by atoms with Crippen molar-refractivity contribution < 1.29 is 4.74 Å². The zero-order chi connectivity index (χ0) is 18.5. The van der Waals surface area contributed by atoms with Crippen LogP contribution in [0.2, 0.25) is 0 Å². The zero-order valence-electron chi connectivity index (χ0n) is 15.9. The first kappa shape index (κ1) is 18.0. The van der Waals surface area contributed by atoms with Gasteiger partial charge in [0.05, 0.1) is 0 Å². The van der Waals surface area contributed by atoms with Gasteiger partial charge in [-0.25, -0.2) is 0 Å². The van der Waals surface area contributed by atoms with Gasteiger partial charge in [0, 0.05) is 12.6 Å². The lowest BCUT2D eigenvalue weighted by Crippen LogP contribution is -2.35. The molecule has 0 spiro atoms. The molecule has 2 unspecified atom stereocenters. The fourth-order valence-electron chi connectivity index (χ4n) is 4.14. The second kappa shape index (κ2) is 8.51. The van der Waals surface area contributed by atoms with Gasteiger partial charge in [0.25, 0.3) is 0 Å². The maximum atomic E-state index is 6.68. The number of ether oxygens (including phenoxy) is 1. The molecule has 27 heavy (non-hydrogen) atoms. The molecule has 2 heteroatoms. The molecule has 2 nitrogen and oxygen atoms in total. The largest absolute Gasteiger partial charge is 0.351 e. The quantitative estimate of drug-likeness (QED) is 0.538. The molecule has 0 bridgehead atoms. The summed E-state index contributed by atoms with van der Waals surface area (Å²) >= 11 is 0. The van der Waals surface area contributed by atoms with Crippen LogP contribution in [-0.2, 0) is 4.74 Å². The number of likely N-dealkylation sites (tertiary alicyclic amines) is 1. The first-order chi connectivity index (χ1) is 13.3. The molecule has 1 aliphatic heterocycles. The highest BCUT2D eigenvalue weighted by atomic mass is 16.5. The number of nitrogens with zero attached hydrogens (tertiary/aromatic N) is 1. The second-order valence-corrected chi connectivity index (χ2v) is 7.24. The molecular formula is C25H27NO. The molecule has 1 saturated heterocycles. The molecule has 0 aliphatic carbocycles. The Bertz CT molecular complexity index is 779. The van der Waals surface area contributed by atoms with Crippen LogP contribution in [0.15, 0.2) is 91.0 Å². The number of hydrogen-bond donors (Lipinski definition) is 0. The third-order valence-electron chi connectivity index (χ3n) is 5.48. The molecule has 1 fully saturated rings. The van der Waals surface area contributed by atoms with Crippen molar-refractivity contribution in [3.05, 3.63) is 108 Å². The average Bonchev–Trinajstić information content (AvgIpc) is 3.24. The molecule has 0 aromatic heterocycles. The first-order valence-corrected chi connectivity index (χ1v) is 9.89. The standard InChI is InChI=1S/C25H27NO/c1-20(26-19-11-18-24(26)21-12-5-2-6-13-21)27-25(22-14-7-3-8-15-22)23-16-9-4-10-17-23/h2-10,12-17,20,24-25H,11,18-19H2,1H3. The van der Waals surface area contributed by atoms with Gasteiger partial charge in [-0.15, -0.1) is 0 Å². The van der Waals surface area contributed by atoms with Gasteiger partial charge in [-0.1, -0.05) is 91.0 Å². The summed E-state index contributed by atoms with van der Waals surface area (Å²) < 4.78 is 6.68. The van der Waals surface area contributed by atoms with Crippen LogP contribution in [0.25, 0.3) is 0 Å². The molecule has 0 amide bonds. The van der Waals surface area contributed by atoms with E-state index in [4.69, 9.17) is 4.74 Å². The summed E-state index contributed by atoms with van der Waals surface area (Å²) in [7, 11) is 0. The topological polar surface area (TPSA) is 12.5 Å². The van der Waals surface area contributed by atoms with E-state index >= 15 is 0 Å². The second-order valence-electron chi connectivity index (χ2n) is 7.24. The van der Waals surface area contributed by atoms with Crippen molar-refractivity contribution in [3.8, 4) is 0 Å². The Kier molecular flexibility index (Phi) is 5.66. The average molecular weight is 357 g/mol. The van der Waals surface area contributed by atoms with Gasteiger partial charge in [0.15, 0.2) is 0 Å². The number of benzene rings is 3. The van der Waals surface area contributed by atoms with Gasteiger partial charge < -0.3 is 4.74 Å². The van der Waals surface area contributed by atoms with Crippen molar-refractivity contribution in [1.82, 2.24) is 4.90 Å². The van der Waals surface area contributed by atoms with Crippen LogP contribution in [0.1, 0.15) is 48.6 Å². The van der Waals surface area contributed by atoms with Crippen LogP contribution >= 0.6 is 0 Å². The minimum Gasteiger partial charge on any atom is -0.351 e. The lowest BCUT2D eigenvalue weighted by molar-refractivity contribution is -0.0830. The number of hydrogen-bond acceptors (Lipinski definition) is 2. The maximum Gasteiger partial charge on any atom is 0.110 e. The van der Waals surface area contributed by atoms with E-state index in [1.54, 1.807) is 0 Å². The summed E-state index contributed by atoms with van der Waals surface area (Å²) in [4.78, 5) is 2.51. The van der Waals surface area contributed by atoms with E-state index in [1.165, 1.54) is 29.5 Å². The van der Waals surface area contributed by atoms with E-state index in [-0.39, 0.29) is 12.3 Å². The smallest absolute Gasteiger partial charge is 0.110 e. The molecule has 1 heterocycles. The van der Waals surface area contributed by atoms with Gasteiger partial charge in [0.1, 0.15) is 12.3 Å². The Hall–Kier alpha value is -2.42. The molecule has 3 aromatic carbocycles. The zero-order valence-corrected chi connectivity index (χ0v) is 15.9. The number of rotatable bonds is 6. The normalized spacial score (nSPS) is 18.7. The fourth-order valence-corrected chi connectivity index (χ4v) is 4.14. The summed E-state index contributed by atoms with van der Waals surface area (Å²) in [5.74, 6) is 0. The predicted molar refractivity (Wildman–Crippen MR) is 110 cm³/mol. The SMILES string of the molecule is CC(OC(c1ccccc1)c1ccccc1)N1CCCC1c1ccccc1. The van der Waals surface area contributed by atoms with Gasteiger partial charge in [-0.05, 0) is 36.5 Å². The van der Waals surface area contributed by atoms with Crippen molar-refractivity contribution in [2.75, 3.05) is 6.54 Å². The van der Waals surface area contributed by atoms with Crippen LogP contribution in [0, 0.1) is 0 Å². The molecule has 3 aromatic rings.